The summed E-state index contributed by atoms with van der Waals surface area (Å²) in [6.07, 6.45) is 1.46. The van der Waals surface area contributed by atoms with E-state index in [0.717, 1.165) is 38.3 Å². The van der Waals surface area contributed by atoms with Crippen LogP contribution in [0.4, 0.5) is 11.4 Å². The molecule has 1 saturated heterocycles. The molecular weight excluding hydrogens is 250 g/mol. The van der Waals surface area contributed by atoms with Gasteiger partial charge in [-0.25, -0.2) is 0 Å². The molecule has 20 heavy (non-hydrogen) atoms. The average Bonchev–Trinajstić information content (AvgIpc) is 2.40. The van der Waals surface area contributed by atoms with Gasteiger partial charge < -0.3 is 15.1 Å². The van der Waals surface area contributed by atoms with Gasteiger partial charge in [0.1, 0.15) is 0 Å². The molecule has 2 rings (SSSR count). The van der Waals surface area contributed by atoms with E-state index in [-0.39, 0.29) is 5.91 Å². The lowest BCUT2D eigenvalue weighted by Gasteiger charge is -2.35. The van der Waals surface area contributed by atoms with Crippen LogP contribution in [0.3, 0.4) is 0 Å². The average molecular weight is 275 g/mol. The molecule has 1 amide bonds. The van der Waals surface area contributed by atoms with Gasteiger partial charge in [-0.1, -0.05) is 6.92 Å². The first-order chi connectivity index (χ1) is 9.60. The molecule has 1 fully saturated rings. The molecule has 1 aromatic carbocycles. The van der Waals surface area contributed by atoms with Gasteiger partial charge in [-0.15, -0.1) is 0 Å². The smallest absolute Gasteiger partial charge is 0.224 e. The normalized spacial score (nSPS) is 16.2. The lowest BCUT2D eigenvalue weighted by molar-refractivity contribution is -0.116. The van der Waals surface area contributed by atoms with Crippen LogP contribution in [0.25, 0.3) is 0 Å². The van der Waals surface area contributed by atoms with Crippen molar-refractivity contribution in [2.45, 2.75) is 26.7 Å². The maximum absolute atomic E-state index is 11.6. The Morgan fingerprint density at radius 3 is 2.55 bits per heavy atom. The van der Waals surface area contributed by atoms with E-state index in [1.807, 2.05) is 13.0 Å². The summed E-state index contributed by atoms with van der Waals surface area (Å²) in [4.78, 5) is 16.4. The Morgan fingerprint density at radius 1 is 1.25 bits per heavy atom. The summed E-state index contributed by atoms with van der Waals surface area (Å²) in [6, 6.07) is 6.21. The first kappa shape index (κ1) is 14.9. The molecule has 0 bridgehead atoms. The number of nitrogens with zero attached hydrogens (tertiary/aromatic N) is 2. The molecule has 0 radical (unpaired) electrons. The van der Waals surface area contributed by atoms with E-state index in [1.54, 1.807) is 0 Å². The number of likely N-dealkylation sites (N-methyl/N-ethyl adjacent to an activating group) is 1. The molecule has 1 N–H and O–H groups in total. The van der Waals surface area contributed by atoms with Crippen LogP contribution in [0.1, 0.15) is 25.3 Å². The first-order valence-corrected chi connectivity index (χ1v) is 7.44. The van der Waals surface area contributed by atoms with Gasteiger partial charge in [0, 0.05) is 44.0 Å². The van der Waals surface area contributed by atoms with E-state index in [9.17, 15) is 4.79 Å². The van der Waals surface area contributed by atoms with Gasteiger partial charge in [-0.05, 0) is 44.2 Å². The number of hydrogen-bond acceptors (Lipinski definition) is 3. The van der Waals surface area contributed by atoms with Crippen LogP contribution < -0.4 is 10.2 Å². The Labute approximate surface area is 121 Å². The number of carbonyl (C=O) groups is 1. The number of hydrogen-bond donors (Lipinski definition) is 1. The number of benzene rings is 1. The van der Waals surface area contributed by atoms with Gasteiger partial charge in [0.05, 0.1) is 0 Å². The van der Waals surface area contributed by atoms with Gasteiger partial charge in [-0.3, -0.25) is 4.79 Å². The summed E-state index contributed by atoms with van der Waals surface area (Å²) in [6.45, 7) is 8.48. The highest BCUT2D eigenvalue weighted by molar-refractivity contribution is 5.91. The summed E-state index contributed by atoms with van der Waals surface area (Å²) in [5, 5.41) is 2.96. The lowest BCUT2D eigenvalue weighted by Crippen LogP contribution is -2.44. The Bertz CT molecular complexity index is 465. The van der Waals surface area contributed by atoms with Crippen molar-refractivity contribution >= 4 is 17.3 Å². The summed E-state index contributed by atoms with van der Waals surface area (Å²) in [5.74, 6) is 0.0965. The molecular formula is C16H25N3O. The minimum Gasteiger partial charge on any atom is -0.369 e. The number of nitrogens with one attached hydrogen (secondary N) is 1. The molecule has 1 aliphatic heterocycles. The highest BCUT2D eigenvalue weighted by Crippen LogP contribution is 2.24. The predicted molar refractivity (Wildman–Crippen MR) is 84.4 cm³/mol. The van der Waals surface area contributed by atoms with Crippen molar-refractivity contribution in [2.75, 3.05) is 43.4 Å². The molecule has 0 saturated carbocycles. The topological polar surface area (TPSA) is 35.6 Å². The van der Waals surface area contributed by atoms with Crippen molar-refractivity contribution in [3.63, 3.8) is 0 Å². The zero-order chi connectivity index (χ0) is 14.5. The Morgan fingerprint density at radius 2 is 1.95 bits per heavy atom. The van der Waals surface area contributed by atoms with Gasteiger partial charge >= 0.3 is 0 Å². The molecule has 1 aromatic rings. The van der Waals surface area contributed by atoms with Crippen LogP contribution in [0, 0.1) is 6.92 Å². The van der Waals surface area contributed by atoms with Crippen molar-refractivity contribution in [3.05, 3.63) is 23.8 Å². The predicted octanol–water partition coefficient (Wildman–Crippen LogP) is 2.49. The monoisotopic (exact) mass is 275 g/mol. The molecule has 0 aromatic heterocycles. The summed E-state index contributed by atoms with van der Waals surface area (Å²) in [7, 11) is 2.16. The van der Waals surface area contributed by atoms with Crippen LogP contribution >= 0.6 is 0 Å². The largest absolute Gasteiger partial charge is 0.369 e. The minimum atomic E-state index is 0.0965. The van der Waals surface area contributed by atoms with E-state index in [4.69, 9.17) is 0 Å². The van der Waals surface area contributed by atoms with E-state index < -0.39 is 0 Å². The molecule has 0 unspecified atom stereocenters. The third kappa shape index (κ3) is 3.73. The summed E-state index contributed by atoms with van der Waals surface area (Å²) >= 11 is 0. The third-order valence-corrected chi connectivity index (χ3v) is 3.80. The standard InChI is InChI=1S/C16H25N3O/c1-4-5-16(20)17-14-6-7-15(13(2)12-14)19-10-8-18(3)9-11-19/h6-7,12H,4-5,8-11H2,1-3H3,(H,17,20). The molecule has 4 heteroatoms. The Hall–Kier alpha value is -1.55. The summed E-state index contributed by atoms with van der Waals surface area (Å²) in [5.41, 5.74) is 3.41. The SMILES string of the molecule is CCCC(=O)Nc1ccc(N2CCN(C)CC2)c(C)c1. The van der Waals surface area contributed by atoms with Crippen molar-refractivity contribution < 1.29 is 4.79 Å². The fraction of sp³-hybridized carbons (Fsp3) is 0.562. The second-order valence-corrected chi connectivity index (χ2v) is 5.59. The molecule has 4 nitrogen and oxygen atoms in total. The van der Waals surface area contributed by atoms with E-state index >= 15 is 0 Å². The fourth-order valence-electron chi connectivity index (χ4n) is 2.59. The molecule has 110 valence electrons. The van der Waals surface area contributed by atoms with Gasteiger partial charge in [-0.2, -0.15) is 0 Å². The quantitative estimate of drug-likeness (QED) is 0.917. The number of aryl methyl sites for hydroxylation is 1. The van der Waals surface area contributed by atoms with Crippen molar-refractivity contribution in [1.29, 1.82) is 0 Å². The van der Waals surface area contributed by atoms with Crippen molar-refractivity contribution in [2.24, 2.45) is 0 Å². The van der Waals surface area contributed by atoms with Gasteiger partial charge in [0.25, 0.3) is 0 Å². The van der Waals surface area contributed by atoms with Crippen LogP contribution in [0.15, 0.2) is 18.2 Å². The van der Waals surface area contributed by atoms with E-state index in [1.165, 1.54) is 11.3 Å². The van der Waals surface area contributed by atoms with E-state index in [2.05, 4.69) is 41.2 Å². The second-order valence-electron chi connectivity index (χ2n) is 5.59. The number of anilines is 2. The van der Waals surface area contributed by atoms with E-state index in [0.29, 0.717) is 6.42 Å². The Balaban J connectivity index is 2.04. The summed E-state index contributed by atoms with van der Waals surface area (Å²) < 4.78 is 0. The van der Waals surface area contributed by atoms with Gasteiger partial charge in [0.15, 0.2) is 0 Å². The molecule has 1 aliphatic rings. The number of carbonyl (C=O) groups excluding carboxylic acids is 1. The number of rotatable bonds is 4. The highest BCUT2D eigenvalue weighted by atomic mass is 16.1. The minimum absolute atomic E-state index is 0.0965. The van der Waals surface area contributed by atoms with Crippen molar-refractivity contribution in [1.82, 2.24) is 4.90 Å². The molecule has 0 spiro atoms. The fourth-order valence-corrected chi connectivity index (χ4v) is 2.59. The van der Waals surface area contributed by atoms with Crippen LogP contribution in [0.5, 0.6) is 0 Å². The number of amides is 1. The number of piperazine rings is 1. The third-order valence-electron chi connectivity index (χ3n) is 3.80. The van der Waals surface area contributed by atoms with Crippen molar-refractivity contribution in [3.8, 4) is 0 Å². The highest BCUT2D eigenvalue weighted by Gasteiger charge is 2.16. The van der Waals surface area contributed by atoms with Crippen LogP contribution in [-0.4, -0.2) is 44.0 Å². The second kappa shape index (κ2) is 6.75. The molecule has 0 aliphatic carbocycles. The lowest BCUT2D eigenvalue weighted by atomic mass is 10.1. The van der Waals surface area contributed by atoms with Crippen LogP contribution in [-0.2, 0) is 4.79 Å². The zero-order valence-corrected chi connectivity index (χ0v) is 12.8. The first-order valence-electron chi connectivity index (χ1n) is 7.44. The maximum Gasteiger partial charge on any atom is 0.224 e. The Kier molecular flexibility index (Phi) is 5.01. The molecule has 0 atom stereocenters. The maximum atomic E-state index is 11.6. The van der Waals surface area contributed by atoms with Gasteiger partial charge in [0.2, 0.25) is 5.91 Å². The van der Waals surface area contributed by atoms with Crippen LogP contribution in [0.2, 0.25) is 0 Å². The zero-order valence-electron chi connectivity index (χ0n) is 12.8. The molecule has 1 heterocycles.